The van der Waals surface area contributed by atoms with E-state index in [1.807, 2.05) is 50.5 Å². The molecule has 0 radical (unpaired) electrons. The minimum atomic E-state index is -0.0227. The van der Waals surface area contributed by atoms with E-state index < -0.39 is 0 Å². The highest BCUT2D eigenvalue weighted by Gasteiger charge is 2.19. The van der Waals surface area contributed by atoms with Gasteiger partial charge in [0.2, 0.25) is 11.7 Å². The van der Waals surface area contributed by atoms with Gasteiger partial charge in [-0.1, -0.05) is 18.2 Å². The highest BCUT2D eigenvalue weighted by atomic mass is 16.5. The number of ether oxygens (including phenoxy) is 4. The number of para-hydroxylation sites is 1. The maximum Gasteiger partial charge on any atom is 0.220 e. The molecule has 0 aliphatic rings. The van der Waals surface area contributed by atoms with Crippen LogP contribution in [0.5, 0.6) is 23.0 Å². The summed E-state index contributed by atoms with van der Waals surface area (Å²) in [6.07, 6.45) is 0.911. The van der Waals surface area contributed by atoms with Crippen LogP contribution in [0, 0.1) is 0 Å². The van der Waals surface area contributed by atoms with Gasteiger partial charge >= 0.3 is 0 Å². The smallest absolute Gasteiger partial charge is 0.220 e. The molecule has 0 bridgehead atoms. The molecule has 0 aliphatic carbocycles. The van der Waals surface area contributed by atoms with Crippen molar-refractivity contribution in [3.05, 3.63) is 47.5 Å². The first kappa shape index (κ1) is 23.3. The van der Waals surface area contributed by atoms with E-state index in [2.05, 4.69) is 10.2 Å². The normalized spacial score (nSPS) is 11.7. The summed E-state index contributed by atoms with van der Waals surface area (Å²) < 4.78 is 21.6. The number of carbonyl (C=O) groups is 1. The number of nitrogens with one attached hydrogen (secondary N) is 1. The molecule has 0 fully saturated rings. The highest BCUT2D eigenvalue weighted by Crippen LogP contribution is 2.38. The molecule has 1 amide bonds. The Hall–Kier alpha value is -2.93. The predicted octanol–water partition coefficient (Wildman–Crippen LogP) is 3.07. The third-order valence-electron chi connectivity index (χ3n) is 4.98. The molecule has 7 nitrogen and oxygen atoms in total. The van der Waals surface area contributed by atoms with Crippen LogP contribution in [0.3, 0.4) is 0 Å². The summed E-state index contributed by atoms with van der Waals surface area (Å²) >= 11 is 0. The Kier molecular flexibility index (Phi) is 8.80. The van der Waals surface area contributed by atoms with Crippen LogP contribution in [0.15, 0.2) is 36.4 Å². The van der Waals surface area contributed by atoms with Gasteiger partial charge < -0.3 is 29.2 Å². The third kappa shape index (κ3) is 5.79. The topological polar surface area (TPSA) is 69.3 Å². The summed E-state index contributed by atoms with van der Waals surface area (Å²) in [4.78, 5) is 14.6. The van der Waals surface area contributed by atoms with Crippen LogP contribution >= 0.6 is 0 Å². The van der Waals surface area contributed by atoms with E-state index in [1.165, 1.54) is 0 Å². The van der Waals surface area contributed by atoms with Gasteiger partial charge in [-0.25, -0.2) is 0 Å². The van der Waals surface area contributed by atoms with Crippen molar-refractivity contribution in [2.24, 2.45) is 0 Å². The zero-order valence-corrected chi connectivity index (χ0v) is 18.7. The fourth-order valence-electron chi connectivity index (χ4n) is 3.35. The standard InChI is InChI=1S/C23H32N2O5/c1-25(2)18(17-9-7-8-10-19(17)27-3)15-24-22(26)12-11-16-13-20(28-4)23(30-6)21(14-16)29-5/h7-10,13-14,18H,11-12,15H2,1-6H3,(H,24,26). The molecular weight excluding hydrogens is 384 g/mol. The molecule has 1 atom stereocenters. The van der Waals surface area contributed by atoms with Gasteiger partial charge in [0, 0.05) is 18.5 Å². The van der Waals surface area contributed by atoms with Crippen LogP contribution in [0.2, 0.25) is 0 Å². The van der Waals surface area contributed by atoms with Gasteiger partial charge in [-0.05, 0) is 44.3 Å². The van der Waals surface area contributed by atoms with Gasteiger partial charge in [-0.2, -0.15) is 0 Å². The van der Waals surface area contributed by atoms with Gasteiger partial charge in [0.1, 0.15) is 5.75 Å². The monoisotopic (exact) mass is 416 g/mol. The van der Waals surface area contributed by atoms with Crippen molar-refractivity contribution >= 4 is 5.91 Å². The predicted molar refractivity (Wildman–Crippen MR) is 117 cm³/mol. The minimum absolute atomic E-state index is 0.00581. The fourth-order valence-corrected chi connectivity index (χ4v) is 3.35. The number of aryl methyl sites for hydroxylation is 1. The Labute approximate surface area is 178 Å². The second kappa shape index (κ2) is 11.3. The molecule has 2 aromatic rings. The van der Waals surface area contributed by atoms with E-state index in [9.17, 15) is 4.79 Å². The lowest BCUT2D eigenvalue weighted by Gasteiger charge is -2.26. The van der Waals surface area contributed by atoms with Crippen molar-refractivity contribution in [3.63, 3.8) is 0 Å². The van der Waals surface area contributed by atoms with Crippen LogP contribution < -0.4 is 24.3 Å². The summed E-state index contributed by atoms with van der Waals surface area (Å²) in [5.41, 5.74) is 1.98. The van der Waals surface area contributed by atoms with E-state index in [4.69, 9.17) is 18.9 Å². The first-order chi connectivity index (χ1) is 14.4. The molecule has 0 saturated heterocycles. The van der Waals surface area contributed by atoms with Gasteiger partial charge in [-0.15, -0.1) is 0 Å². The van der Waals surface area contributed by atoms with E-state index in [0.717, 1.165) is 16.9 Å². The second-order valence-corrected chi connectivity index (χ2v) is 7.06. The molecule has 2 rings (SSSR count). The van der Waals surface area contributed by atoms with Crippen LogP contribution in [-0.2, 0) is 11.2 Å². The molecule has 1 unspecified atom stereocenters. The summed E-state index contributed by atoms with van der Waals surface area (Å²) in [6.45, 7) is 0.488. The average molecular weight is 417 g/mol. The molecule has 1 N–H and O–H groups in total. The SMILES string of the molecule is COc1ccccc1C(CNC(=O)CCc1cc(OC)c(OC)c(OC)c1)N(C)C. The van der Waals surface area contributed by atoms with Crippen molar-refractivity contribution in [1.29, 1.82) is 0 Å². The maximum atomic E-state index is 12.5. The Bertz CT molecular complexity index is 813. The van der Waals surface area contributed by atoms with Crippen LogP contribution in [-0.4, -0.2) is 59.9 Å². The van der Waals surface area contributed by atoms with Crippen LogP contribution in [0.25, 0.3) is 0 Å². The molecular formula is C23H32N2O5. The van der Waals surface area contributed by atoms with Gasteiger partial charge in [0.05, 0.1) is 34.5 Å². The summed E-state index contributed by atoms with van der Waals surface area (Å²) in [7, 11) is 10.3. The van der Waals surface area contributed by atoms with Crippen LogP contribution in [0.1, 0.15) is 23.6 Å². The minimum Gasteiger partial charge on any atom is -0.496 e. The fraction of sp³-hybridized carbons (Fsp3) is 0.435. The van der Waals surface area contributed by atoms with Crippen molar-refractivity contribution in [2.75, 3.05) is 49.1 Å². The number of hydrogen-bond donors (Lipinski definition) is 1. The highest BCUT2D eigenvalue weighted by molar-refractivity contribution is 5.76. The van der Waals surface area contributed by atoms with Gasteiger partial charge in [-0.3, -0.25) is 4.79 Å². The number of carbonyl (C=O) groups excluding carboxylic acids is 1. The van der Waals surface area contributed by atoms with E-state index in [-0.39, 0.29) is 11.9 Å². The Morgan fingerprint density at radius 1 is 0.933 bits per heavy atom. The largest absolute Gasteiger partial charge is 0.496 e. The number of methoxy groups -OCH3 is 4. The first-order valence-corrected chi connectivity index (χ1v) is 9.80. The number of hydrogen-bond acceptors (Lipinski definition) is 6. The molecule has 164 valence electrons. The van der Waals surface area contributed by atoms with Gasteiger partial charge in [0.15, 0.2) is 11.5 Å². The van der Waals surface area contributed by atoms with Crippen molar-refractivity contribution in [2.45, 2.75) is 18.9 Å². The van der Waals surface area contributed by atoms with Gasteiger partial charge in [0.25, 0.3) is 0 Å². The zero-order valence-electron chi connectivity index (χ0n) is 18.7. The molecule has 0 saturated carbocycles. The molecule has 0 aliphatic heterocycles. The summed E-state index contributed by atoms with van der Waals surface area (Å²) in [5.74, 6) is 2.49. The van der Waals surface area contributed by atoms with E-state index in [0.29, 0.717) is 36.6 Å². The van der Waals surface area contributed by atoms with Crippen molar-refractivity contribution in [1.82, 2.24) is 10.2 Å². The Morgan fingerprint density at radius 2 is 1.53 bits per heavy atom. The Balaban J connectivity index is 2.02. The number of rotatable bonds is 11. The van der Waals surface area contributed by atoms with Crippen LogP contribution in [0.4, 0.5) is 0 Å². The van der Waals surface area contributed by atoms with Crippen molar-refractivity contribution < 1.29 is 23.7 Å². The lowest BCUT2D eigenvalue weighted by Crippen LogP contribution is -2.34. The molecule has 7 heteroatoms. The first-order valence-electron chi connectivity index (χ1n) is 9.80. The average Bonchev–Trinajstić information content (AvgIpc) is 2.76. The number of nitrogens with zero attached hydrogens (tertiary/aromatic N) is 1. The number of amides is 1. The number of benzene rings is 2. The summed E-state index contributed by atoms with van der Waals surface area (Å²) in [6, 6.07) is 11.6. The second-order valence-electron chi connectivity index (χ2n) is 7.06. The lowest BCUT2D eigenvalue weighted by molar-refractivity contribution is -0.121. The lowest BCUT2D eigenvalue weighted by atomic mass is 10.0. The molecule has 30 heavy (non-hydrogen) atoms. The molecule has 0 aromatic heterocycles. The molecule has 0 spiro atoms. The van der Waals surface area contributed by atoms with Crippen molar-refractivity contribution in [3.8, 4) is 23.0 Å². The zero-order chi connectivity index (χ0) is 22.1. The van der Waals surface area contributed by atoms with E-state index in [1.54, 1.807) is 28.4 Å². The Morgan fingerprint density at radius 3 is 2.07 bits per heavy atom. The maximum absolute atomic E-state index is 12.5. The molecule has 2 aromatic carbocycles. The van der Waals surface area contributed by atoms with E-state index >= 15 is 0 Å². The third-order valence-corrected chi connectivity index (χ3v) is 4.98. The number of likely N-dealkylation sites (N-methyl/N-ethyl adjacent to an activating group) is 1. The molecule has 0 heterocycles. The summed E-state index contributed by atoms with van der Waals surface area (Å²) in [5, 5.41) is 3.04. The quantitative estimate of drug-likeness (QED) is 0.607.